The summed E-state index contributed by atoms with van der Waals surface area (Å²) in [4.78, 5) is 32.7. The van der Waals surface area contributed by atoms with Gasteiger partial charge in [-0.25, -0.2) is 9.97 Å². The number of para-hydroxylation sites is 1. The molecule has 0 unspecified atom stereocenters. The number of hydrogen-bond acceptors (Lipinski definition) is 6. The Morgan fingerprint density at radius 1 is 1.03 bits per heavy atom. The number of carbonyl (C=O) groups excluding carboxylic acids is 2. The number of aromatic nitrogens is 2. The molecular formula is C22H22N4O3. The monoisotopic (exact) mass is 390 g/mol. The molecule has 7 heteroatoms. The fraction of sp³-hybridized carbons (Fsp3) is 0.182. The van der Waals surface area contributed by atoms with Crippen LogP contribution in [0.2, 0.25) is 0 Å². The molecule has 0 aliphatic heterocycles. The SMILES string of the molecule is COc1ccccc1CNC(=O)c1cc(Nc2cccc(C(C)=O)c2)nc(C)n1. The first-order valence-electron chi connectivity index (χ1n) is 9.10. The van der Waals surface area contributed by atoms with Gasteiger partial charge in [0.25, 0.3) is 5.91 Å². The average molecular weight is 390 g/mol. The number of ether oxygens (including phenoxy) is 1. The highest BCUT2D eigenvalue weighted by Gasteiger charge is 2.12. The van der Waals surface area contributed by atoms with Gasteiger partial charge < -0.3 is 15.4 Å². The number of carbonyl (C=O) groups is 2. The lowest BCUT2D eigenvalue weighted by Crippen LogP contribution is -2.24. The molecular weight excluding hydrogens is 368 g/mol. The Morgan fingerprint density at radius 3 is 2.59 bits per heavy atom. The molecule has 1 amide bonds. The number of anilines is 2. The zero-order valence-electron chi connectivity index (χ0n) is 16.5. The van der Waals surface area contributed by atoms with Crippen molar-refractivity contribution >= 4 is 23.2 Å². The van der Waals surface area contributed by atoms with E-state index in [0.29, 0.717) is 35.2 Å². The van der Waals surface area contributed by atoms with Gasteiger partial charge in [0.05, 0.1) is 7.11 Å². The fourth-order valence-corrected chi connectivity index (χ4v) is 2.83. The summed E-state index contributed by atoms with van der Waals surface area (Å²) in [6.45, 7) is 3.54. The molecule has 0 aliphatic rings. The van der Waals surface area contributed by atoms with Crippen molar-refractivity contribution < 1.29 is 14.3 Å². The van der Waals surface area contributed by atoms with E-state index in [9.17, 15) is 9.59 Å². The number of Topliss-reactive ketones (excluding diaryl/α,β-unsaturated/α-hetero) is 1. The molecule has 1 heterocycles. The second-order valence-electron chi connectivity index (χ2n) is 6.44. The molecule has 0 saturated carbocycles. The molecule has 3 rings (SSSR count). The van der Waals surface area contributed by atoms with E-state index in [1.165, 1.54) is 6.92 Å². The van der Waals surface area contributed by atoms with Crippen molar-refractivity contribution in [3.05, 3.63) is 77.2 Å². The summed E-state index contributed by atoms with van der Waals surface area (Å²) >= 11 is 0. The summed E-state index contributed by atoms with van der Waals surface area (Å²) < 4.78 is 5.30. The Labute approximate surface area is 169 Å². The molecule has 2 N–H and O–H groups in total. The van der Waals surface area contributed by atoms with Gasteiger partial charge in [-0.2, -0.15) is 0 Å². The number of amides is 1. The largest absolute Gasteiger partial charge is 0.496 e. The van der Waals surface area contributed by atoms with Crippen LogP contribution < -0.4 is 15.4 Å². The lowest BCUT2D eigenvalue weighted by atomic mass is 10.1. The normalized spacial score (nSPS) is 10.3. The maximum Gasteiger partial charge on any atom is 0.270 e. The van der Waals surface area contributed by atoms with Crippen LogP contribution in [0.25, 0.3) is 0 Å². The Balaban J connectivity index is 1.75. The van der Waals surface area contributed by atoms with Crippen LogP contribution >= 0.6 is 0 Å². The predicted octanol–water partition coefficient (Wildman–Crippen LogP) is 3.67. The summed E-state index contributed by atoms with van der Waals surface area (Å²) in [6.07, 6.45) is 0. The predicted molar refractivity (Wildman–Crippen MR) is 111 cm³/mol. The Morgan fingerprint density at radius 2 is 1.83 bits per heavy atom. The Bertz CT molecular complexity index is 1050. The highest BCUT2D eigenvalue weighted by atomic mass is 16.5. The van der Waals surface area contributed by atoms with Crippen molar-refractivity contribution in [1.82, 2.24) is 15.3 Å². The van der Waals surface area contributed by atoms with E-state index in [-0.39, 0.29) is 17.4 Å². The second-order valence-corrected chi connectivity index (χ2v) is 6.44. The van der Waals surface area contributed by atoms with Crippen LogP contribution in [0.5, 0.6) is 5.75 Å². The Kier molecular flexibility index (Phi) is 6.19. The molecule has 1 aromatic heterocycles. The topological polar surface area (TPSA) is 93.2 Å². The zero-order chi connectivity index (χ0) is 20.8. The van der Waals surface area contributed by atoms with Crippen LogP contribution in [-0.2, 0) is 6.54 Å². The summed E-state index contributed by atoms with van der Waals surface area (Å²) in [6, 6.07) is 16.2. The molecule has 0 fully saturated rings. The highest BCUT2D eigenvalue weighted by Crippen LogP contribution is 2.19. The number of hydrogen-bond donors (Lipinski definition) is 2. The number of nitrogens with one attached hydrogen (secondary N) is 2. The van der Waals surface area contributed by atoms with Crippen LogP contribution in [0.1, 0.15) is 39.2 Å². The minimum absolute atomic E-state index is 0.0241. The van der Waals surface area contributed by atoms with Gasteiger partial charge in [-0.15, -0.1) is 0 Å². The minimum atomic E-state index is -0.318. The van der Waals surface area contributed by atoms with Crippen LogP contribution in [0.3, 0.4) is 0 Å². The molecule has 0 aliphatic carbocycles. The molecule has 0 radical (unpaired) electrons. The molecule has 2 aromatic carbocycles. The van der Waals surface area contributed by atoms with Gasteiger partial charge in [0.15, 0.2) is 5.78 Å². The van der Waals surface area contributed by atoms with E-state index >= 15 is 0 Å². The van der Waals surface area contributed by atoms with Gasteiger partial charge in [-0.3, -0.25) is 9.59 Å². The fourth-order valence-electron chi connectivity index (χ4n) is 2.83. The number of ketones is 1. The summed E-state index contributed by atoms with van der Waals surface area (Å²) in [5, 5.41) is 5.97. The van der Waals surface area contributed by atoms with Gasteiger partial charge in [0.1, 0.15) is 23.1 Å². The summed E-state index contributed by atoms with van der Waals surface area (Å²) in [5.41, 5.74) is 2.41. The van der Waals surface area contributed by atoms with Crippen LogP contribution in [0, 0.1) is 6.92 Å². The highest BCUT2D eigenvalue weighted by molar-refractivity contribution is 5.95. The number of nitrogens with zero attached hydrogens (tertiary/aromatic N) is 2. The number of rotatable bonds is 7. The van der Waals surface area contributed by atoms with Crippen molar-refractivity contribution in [1.29, 1.82) is 0 Å². The van der Waals surface area contributed by atoms with Crippen LogP contribution in [0.4, 0.5) is 11.5 Å². The first kappa shape index (κ1) is 20.0. The standard InChI is InChI=1S/C22H22N4O3/c1-14(27)16-8-6-9-18(11-16)26-21-12-19(24-15(2)25-21)22(28)23-13-17-7-4-5-10-20(17)29-3/h4-12H,13H2,1-3H3,(H,23,28)(H,24,25,26). The van der Waals surface area contributed by atoms with Crippen molar-refractivity contribution in [2.45, 2.75) is 20.4 Å². The van der Waals surface area contributed by atoms with Gasteiger partial charge >= 0.3 is 0 Å². The van der Waals surface area contributed by atoms with Crippen molar-refractivity contribution in [2.75, 3.05) is 12.4 Å². The van der Waals surface area contributed by atoms with Gasteiger partial charge in [0, 0.05) is 29.4 Å². The van der Waals surface area contributed by atoms with E-state index < -0.39 is 0 Å². The third kappa shape index (κ3) is 5.16. The third-order valence-electron chi connectivity index (χ3n) is 4.24. The van der Waals surface area contributed by atoms with Crippen molar-refractivity contribution in [3.63, 3.8) is 0 Å². The first-order valence-corrected chi connectivity index (χ1v) is 9.10. The van der Waals surface area contributed by atoms with E-state index in [0.717, 1.165) is 5.56 Å². The number of aryl methyl sites for hydroxylation is 1. The minimum Gasteiger partial charge on any atom is -0.496 e. The molecule has 148 valence electrons. The third-order valence-corrected chi connectivity index (χ3v) is 4.24. The Hall–Kier alpha value is -3.74. The number of benzene rings is 2. The molecule has 3 aromatic rings. The maximum absolute atomic E-state index is 12.6. The molecule has 29 heavy (non-hydrogen) atoms. The maximum atomic E-state index is 12.6. The lowest BCUT2D eigenvalue weighted by Gasteiger charge is -2.11. The van der Waals surface area contributed by atoms with E-state index in [4.69, 9.17) is 4.74 Å². The number of methoxy groups -OCH3 is 1. The molecule has 0 atom stereocenters. The van der Waals surface area contributed by atoms with E-state index in [2.05, 4.69) is 20.6 Å². The smallest absolute Gasteiger partial charge is 0.270 e. The van der Waals surface area contributed by atoms with Gasteiger partial charge in [-0.05, 0) is 32.0 Å². The van der Waals surface area contributed by atoms with Crippen molar-refractivity contribution in [2.24, 2.45) is 0 Å². The summed E-state index contributed by atoms with van der Waals surface area (Å²) in [5.74, 6) is 1.30. The average Bonchev–Trinajstić information content (AvgIpc) is 2.72. The van der Waals surface area contributed by atoms with E-state index in [1.54, 1.807) is 38.3 Å². The summed E-state index contributed by atoms with van der Waals surface area (Å²) in [7, 11) is 1.59. The molecule has 7 nitrogen and oxygen atoms in total. The zero-order valence-corrected chi connectivity index (χ0v) is 16.5. The molecule has 0 saturated heterocycles. The van der Waals surface area contributed by atoms with Crippen LogP contribution in [0.15, 0.2) is 54.6 Å². The van der Waals surface area contributed by atoms with E-state index in [1.807, 2.05) is 30.3 Å². The molecule has 0 bridgehead atoms. The van der Waals surface area contributed by atoms with Gasteiger partial charge in [0.2, 0.25) is 0 Å². The molecule has 0 spiro atoms. The lowest BCUT2D eigenvalue weighted by molar-refractivity contribution is 0.0944. The second kappa shape index (κ2) is 8.97. The van der Waals surface area contributed by atoms with Gasteiger partial charge in [-0.1, -0.05) is 30.3 Å². The van der Waals surface area contributed by atoms with Crippen molar-refractivity contribution in [3.8, 4) is 5.75 Å². The first-order chi connectivity index (χ1) is 14.0. The quantitative estimate of drug-likeness (QED) is 0.598. The van der Waals surface area contributed by atoms with Crippen LogP contribution in [-0.4, -0.2) is 28.8 Å².